The number of nitrogens with zero attached hydrogens (tertiary/aromatic N) is 1. The number of hydrogen-bond acceptors (Lipinski definition) is 3. The predicted molar refractivity (Wildman–Crippen MR) is 94.7 cm³/mol. The van der Waals surface area contributed by atoms with Crippen LogP contribution in [0.15, 0.2) is 48.5 Å². The molecule has 24 heavy (non-hydrogen) atoms. The first-order chi connectivity index (χ1) is 11.7. The molecule has 2 aromatic rings. The summed E-state index contributed by atoms with van der Waals surface area (Å²) in [5.41, 5.74) is 1.90. The van der Waals surface area contributed by atoms with Gasteiger partial charge >= 0.3 is 0 Å². The zero-order valence-corrected chi connectivity index (χ0v) is 14.3. The minimum Gasteiger partial charge on any atom is -0.379 e. The Hall–Kier alpha value is -1.46. The Labute approximate surface area is 147 Å². The maximum atomic E-state index is 13.8. The van der Waals surface area contributed by atoms with Crippen molar-refractivity contribution in [1.29, 1.82) is 0 Å². The summed E-state index contributed by atoms with van der Waals surface area (Å²) in [6.07, 6.45) is 0. The van der Waals surface area contributed by atoms with Gasteiger partial charge in [0.05, 0.1) is 13.2 Å². The molecule has 5 heteroatoms. The number of morpholine rings is 1. The van der Waals surface area contributed by atoms with Gasteiger partial charge in [-0.05, 0) is 23.8 Å². The van der Waals surface area contributed by atoms with Crippen LogP contribution in [0.25, 0.3) is 0 Å². The maximum Gasteiger partial charge on any atom is 0.127 e. The van der Waals surface area contributed by atoms with Crippen LogP contribution >= 0.6 is 11.6 Å². The van der Waals surface area contributed by atoms with E-state index in [1.54, 1.807) is 6.07 Å². The minimum atomic E-state index is -0.167. The predicted octanol–water partition coefficient (Wildman–Crippen LogP) is 3.64. The van der Waals surface area contributed by atoms with Crippen molar-refractivity contribution in [3.05, 3.63) is 70.5 Å². The van der Waals surface area contributed by atoms with Crippen molar-refractivity contribution < 1.29 is 9.13 Å². The van der Waals surface area contributed by atoms with Crippen molar-refractivity contribution in [2.24, 2.45) is 0 Å². The Morgan fingerprint density at radius 2 is 1.79 bits per heavy atom. The van der Waals surface area contributed by atoms with Gasteiger partial charge in [-0.15, -0.1) is 0 Å². The van der Waals surface area contributed by atoms with Crippen LogP contribution in [0.3, 0.4) is 0 Å². The van der Waals surface area contributed by atoms with Crippen LogP contribution < -0.4 is 5.32 Å². The normalized spacial score (nSPS) is 16.9. The molecule has 0 aromatic heterocycles. The second-order valence-electron chi connectivity index (χ2n) is 5.94. The molecular formula is C19H22ClFN2O. The zero-order valence-electron chi connectivity index (χ0n) is 13.6. The van der Waals surface area contributed by atoms with E-state index in [-0.39, 0.29) is 11.9 Å². The molecule has 1 atom stereocenters. The molecule has 128 valence electrons. The summed E-state index contributed by atoms with van der Waals surface area (Å²) in [6.45, 7) is 4.55. The van der Waals surface area contributed by atoms with E-state index in [0.717, 1.165) is 37.9 Å². The van der Waals surface area contributed by atoms with Crippen LogP contribution in [0.1, 0.15) is 17.2 Å². The standard InChI is InChI=1S/C19H22ClFN2O/c20-17-7-5-15(6-8-17)19(23-9-11-24-12-10-23)14-22-13-16-3-1-2-4-18(16)21/h1-8,19,22H,9-14H2. The van der Waals surface area contributed by atoms with Crippen LogP contribution in [-0.4, -0.2) is 37.7 Å². The lowest BCUT2D eigenvalue weighted by atomic mass is 10.0. The summed E-state index contributed by atoms with van der Waals surface area (Å²) in [5, 5.41) is 4.13. The average Bonchev–Trinajstić information content (AvgIpc) is 2.62. The Morgan fingerprint density at radius 3 is 2.50 bits per heavy atom. The third-order valence-electron chi connectivity index (χ3n) is 4.35. The SMILES string of the molecule is Fc1ccccc1CNCC(c1ccc(Cl)cc1)N1CCOCC1. The summed E-state index contributed by atoms with van der Waals surface area (Å²) in [7, 11) is 0. The van der Waals surface area contributed by atoms with Crippen molar-refractivity contribution in [3.8, 4) is 0 Å². The third kappa shape index (κ3) is 4.54. The van der Waals surface area contributed by atoms with Gasteiger partial charge in [0, 0.05) is 42.8 Å². The molecule has 1 heterocycles. The van der Waals surface area contributed by atoms with E-state index in [2.05, 4.69) is 22.3 Å². The molecule has 1 N–H and O–H groups in total. The molecule has 0 saturated carbocycles. The maximum absolute atomic E-state index is 13.8. The second-order valence-corrected chi connectivity index (χ2v) is 6.37. The number of rotatable bonds is 6. The van der Waals surface area contributed by atoms with E-state index in [9.17, 15) is 4.39 Å². The summed E-state index contributed by atoms with van der Waals surface area (Å²) in [6, 6.07) is 15.1. The van der Waals surface area contributed by atoms with Crippen molar-refractivity contribution in [2.45, 2.75) is 12.6 Å². The molecule has 2 aromatic carbocycles. The Kier molecular flexibility index (Phi) is 6.21. The van der Waals surface area contributed by atoms with Gasteiger partial charge in [0.1, 0.15) is 5.82 Å². The molecule has 0 amide bonds. The smallest absolute Gasteiger partial charge is 0.127 e. The summed E-state index contributed by atoms with van der Waals surface area (Å²) in [5.74, 6) is -0.167. The van der Waals surface area contributed by atoms with Crippen LogP contribution in [0, 0.1) is 5.82 Å². The van der Waals surface area contributed by atoms with Crippen molar-refractivity contribution >= 4 is 11.6 Å². The molecule has 1 unspecified atom stereocenters. The topological polar surface area (TPSA) is 24.5 Å². The van der Waals surface area contributed by atoms with Gasteiger partial charge in [-0.2, -0.15) is 0 Å². The highest BCUT2D eigenvalue weighted by Crippen LogP contribution is 2.23. The van der Waals surface area contributed by atoms with Crippen LogP contribution in [0.5, 0.6) is 0 Å². The first-order valence-corrected chi connectivity index (χ1v) is 8.63. The highest BCUT2D eigenvalue weighted by Gasteiger charge is 2.22. The first-order valence-electron chi connectivity index (χ1n) is 8.25. The summed E-state index contributed by atoms with van der Waals surface area (Å²) >= 11 is 6.01. The van der Waals surface area contributed by atoms with Gasteiger partial charge in [0.15, 0.2) is 0 Å². The van der Waals surface area contributed by atoms with Gasteiger partial charge in [0.25, 0.3) is 0 Å². The van der Waals surface area contributed by atoms with E-state index in [1.807, 2.05) is 24.3 Å². The van der Waals surface area contributed by atoms with Crippen molar-refractivity contribution in [3.63, 3.8) is 0 Å². The molecule has 1 aliphatic heterocycles. The first kappa shape index (κ1) is 17.4. The largest absolute Gasteiger partial charge is 0.379 e. The van der Waals surface area contributed by atoms with Gasteiger partial charge in [0.2, 0.25) is 0 Å². The van der Waals surface area contributed by atoms with Crippen LogP contribution in [0.4, 0.5) is 4.39 Å². The fraction of sp³-hybridized carbons (Fsp3) is 0.368. The number of ether oxygens (including phenoxy) is 1. The molecule has 3 rings (SSSR count). The Balaban J connectivity index is 1.67. The van der Waals surface area contributed by atoms with E-state index in [4.69, 9.17) is 16.3 Å². The van der Waals surface area contributed by atoms with Gasteiger partial charge in [-0.1, -0.05) is 41.9 Å². The average molecular weight is 349 g/mol. The van der Waals surface area contributed by atoms with Crippen LogP contribution in [-0.2, 0) is 11.3 Å². The monoisotopic (exact) mass is 348 g/mol. The number of nitrogens with one attached hydrogen (secondary N) is 1. The second kappa shape index (κ2) is 8.58. The molecule has 1 saturated heterocycles. The van der Waals surface area contributed by atoms with E-state index < -0.39 is 0 Å². The number of hydrogen-bond donors (Lipinski definition) is 1. The van der Waals surface area contributed by atoms with E-state index in [1.165, 1.54) is 11.6 Å². The number of benzene rings is 2. The zero-order chi connectivity index (χ0) is 16.8. The lowest BCUT2D eigenvalue weighted by molar-refractivity contribution is 0.0161. The summed E-state index contributed by atoms with van der Waals surface area (Å²) < 4.78 is 19.2. The van der Waals surface area contributed by atoms with Gasteiger partial charge in [-0.25, -0.2) is 4.39 Å². The van der Waals surface area contributed by atoms with Gasteiger partial charge < -0.3 is 10.1 Å². The lowest BCUT2D eigenvalue weighted by Crippen LogP contribution is -2.42. The molecule has 0 bridgehead atoms. The molecule has 3 nitrogen and oxygen atoms in total. The highest BCUT2D eigenvalue weighted by atomic mass is 35.5. The molecule has 0 radical (unpaired) electrons. The number of halogens is 2. The molecule has 0 aliphatic carbocycles. The van der Waals surface area contributed by atoms with Crippen molar-refractivity contribution in [1.82, 2.24) is 10.2 Å². The Morgan fingerprint density at radius 1 is 1.08 bits per heavy atom. The third-order valence-corrected chi connectivity index (χ3v) is 4.60. The van der Waals surface area contributed by atoms with Crippen molar-refractivity contribution in [2.75, 3.05) is 32.8 Å². The molecule has 1 aliphatic rings. The molecule has 1 fully saturated rings. The molecule has 0 spiro atoms. The minimum absolute atomic E-state index is 0.167. The fourth-order valence-corrected chi connectivity index (χ4v) is 3.14. The summed E-state index contributed by atoms with van der Waals surface area (Å²) in [4.78, 5) is 2.40. The highest BCUT2D eigenvalue weighted by molar-refractivity contribution is 6.30. The van der Waals surface area contributed by atoms with Crippen LogP contribution in [0.2, 0.25) is 5.02 Å². The van der Waals surface area contributed by atoms with Gasteiger partial charge in [-0.3, -0.25) is 4.90 Å². The quantitative estimate of drug-likeness (QED) is 0.862. The molecular weight excluding hydrogens is 327 g/mol. The Bertz CT molecular complexity index is 644. The lowest BCUT2D eigenvalue weighted by Gasteiger charge is -2.35. The van der Waals surface area contributed by atoms with E-state index in [0.29, 0.717) is 12.1 Å². The fourth-order valence-electron chi connectivity index (χ4n) is 3.02. The van der Waals surface area contributed by atoms with E-state index >= 15 is 0 Å².